The Morgan fingerprint density at radius 2 is 1.66 bits per heavy atom. The lowest BCUT2D eigenvalue weighted by atomic mass is 9.62. The lowest BCUT2D eigenvalue weighted by molar-refractivity contribution is -0.149. The Bertz CT molecular complexity index is 1160. The van der Waals surface area contributed by atoms with Crippen molar-refractivity contribution in [2.75, 3.05) is 19.7 Å². The second-order valence-corrected chi connectivity index (χ2v) is 11.3. The molecule has 1 aliphatic carbocycles. The van der Waals surface area contributed by atoms with Gasteiger partial charge in [0, 0.05) is 18.7 Å². The molecule has 1 aromatic heterocycles. The van der Waals surface area contributed by atoms with Gasteiger partial charge in [-0.05, 0) is 85.3 Å². The highest BCUT2D eigenvalue weighted by Crippen LogP contribution is 2.46. The van der Waals surface area contributed by atoms with Gasteiger partial charge in [0.2, 0.25) is 5.78 Å². The standard InChI is InChI=1S/C29H37NO5/c1-7-34-27(33)19-9-8-14-30(17-19)26(32)24-11-10-23(35-24)25(31)20-16-22-21(15-18(20)2)28(3,4)12-13-29(22,5)6/h10-11,15-16,19H,7-9,12-14,17H2,1-6H3. The molecule has 1 aliphatic heterocycles. The van der Waals surface area contributed by atoms with Crippen molar-refractivity contribution in [2.24, 2.45) is 5.92 Å². The number of likely N-dealkylation sites (tertiary alicyclic amines) is 1. The third-order valence-electron chi connectivity index (χ3n) is 7.81. The van der Waals surface area contributed by atoms with E-state index in [9.17, 15) is 14.4 Å². The number of fused-ring (bicyclic) bond motifs is 1. The van der Waals surface area contributed by atoms with Gasteiger partial charge in [-0.3, -0.25) is 14.4 Å². The average Bonchev–Trinajstić information content (AvgIpc) is 3.31. The molecular weight excluding hydrogens is 442 g/mol. The highest BCUT2D eigenvalue weighted by atomic mass is 16.5. The number of amides is 1. The van der Waals surface area contributed by atoms with Crippen molar-refractivity contribution in [3.05, 3.63) is 58.0 Å². The Labute approximate surface area is 208 Å². The molecule has 1 aromatic carbocycles. The molecule has 1 atom stereocenters. The van der Waals surface area contributed by atoms with Gasteiger partial charge in [0.15, 0.2) is 11.5 Å². The Hall–Kier alpha value is -2.89. The van der Waals surface area contributed by atoms with Gasteiger partial charge in [-0.25, -0.2) is 0 Å². The predicted molar refractivity (Wildman–Crippen MR) is 134 cm³/mol. The molecule has 0 N–H and O–H groups in total. The van der Waals surface area contributed by atoms with Crippen molar-refractivity contribution in [2.45, 2.75) is 78.1 Å². The second-order valence-electron chi connectivity index (χ2n) is 11.3. The molecule has 6 heteroatoms. The van der Waals surface area contributed by atoms with Gasteiger partial charge in [-0.2, -0.15) is 0 Å². The summed E-state index contributed by atoms with van der Waals surface area (Å²) in [6.07, 6.45) is 3.60. The van der Waals surface area contributed by atoms with Crippen LogP contribution in [0.5, 0.6) is 0 Å². The summed E-state index contributed by atoms with van der Waals surface area (Å²) in [5.74, 6) is -0.836. The lowest BCUT2D eigenvalue weighted by Gasteiger charge is -2.42. The number of piperidine rings is 1. The van der Waals surface area contributed by atoms with Gasteiger partial charge in [0.05, 0.1) is 12.5 Å². The minimum absolute atomic E-state index is 0.0123. The second kappa shape index (κ2) is 9.29. The fraction of sp³-hybridized carbons (Fsp3) is 0.552. The fourth-order valence-electron chi connectivity index (χ4n) is 5.44. The monoisotopic (exact) mass is 479 g/mol. The lowest BCUT2D eigenvalue weighted by Crippen LogP contribution is -2.42. The van der Waals surface area contributed by atoms with Crippen LogP contribution in [0.2, 0.25) is 0 Å². The van der Waals surface area contributed by atoms with Gasteiger partial charge in [-0.1, -0.05) is 33.8 Å². The van der Waals surface area contributed by atoms with Crippen molar-refractivity contribution >= 4 is 17.7 Å². The average molecular weight is 480 g/mol. The van der Waals surface area contributed by atoms with E-state index in [-0.39, 0.29) is 45.9 Å². The van der Waals surface area contributed by atoms with Crippen LogP contribution in [0.15, 0.2) is 28.7 Å². The summed E-state index contributed by atoms with van der Waals surface area (Å²) in [7, 11) is 0. The molecule has 1 saturated heterocycles. The van der Waals surface area contributed by atoms with E-state index < -0.39 is 0 Å². The van der Waals surface area contributed by atoms with E-state index in [2.05, 4.69) is 33.8 Å². The highest BCUT2D eigenvalue weighted by molar-refractivity contribution is 6.09. The molecule has 0 saturated carbocycles. The van der Waals surface area contributed by atoms with E-state index in [1.165, 1.54) is 11.1 Å². The number of rotatable bonds is 5. The minimum atomic E-state index is -0.325. The summed E-state index contributed by atoms with van der Waals surface area (Å²) in [6, 6.07) is 7.33. The molecule has 1 fully saturated rings. The van der Waals surface area contributed by atoms with Crippen LogP contribution in [0.4, 0.5) is 0 Å². The van der Waals surface area contributed by atoms with Gasteiger partial charge >= 0.3 is 5.97 Å². The van der Waals surface area contributed by atoms with E-state index in [4.69, 9.17) is 9.15 Å². The summed E-state index contributed by atoms with van der Waals surface area (Å²) in [4.78, 5) is 40.3. The van der Waals surface area contributed by atoms with Crippen LogP contribution in [0.3, 0.4) is 0 Å². The summed E-state index contributed by atoms with van der Waals surface area (Å²) in [5, 5.41) is 0. The maximum atomic E-state index is 13.5. The summed E-state index contributed by atoms with van der Waals surface area (Å²) >= 11 is 0. The Morgan fingerprint density at radius 1 is 1.03 bits per heavy atom. The number of esters is 1. The Balaban J connectivity index is 1.57. The molecule has 1 amide bonds. The predicted octanol–water partition coefficient (Wildman–Crippen LogP) is 5.58. The van der Waals surface area contributed by atoms with Crippen molar-refractivity contribution < 1.29 is 23.5 Å². The van der Waals surface area contributed by atoms with Crippen LogP contribution in [0.25, 0.3) is 0 Å². The van der Waals surface area contributed by atoms with Crippen LogP contribution in [0, 0.1) is 12.8 Å². The number of benzene rings is 1. The van der Waals surface area contributed by atoms with Crippen LogP contribution < -0.4 is 0 Å². The molecule has 0 radical (unpaired) electrons. The normalized spacial score (nSPS) is 20.7. The molecular formula is C29H37NO5. The van der Waals surface area contributed by atoms with Gasteiger partial charge in [0.25, 0.3) is 5.91 Å². The quantitative estimate of drug-likeness (QED) is 0.413. The number of hydrogen-bond donors (Lipinski definition) is 0. The summed E-state index contributed by atoms with van der Waals surface area (Å²) < 4.78 is 10.9. The highest BCUT2D eigenvalue weighted by Gasteiger charge is 2.38. The molecule has 188 valence electrons. The number of furan rings is 1. The maximum Gasteiger partial charge on any atom is 0.310 e. The van der Waals surface area contributed by atoms with Gasteiger partial charge < -0.3 is 14.1 Å². The molecule has 2 heterocycles. The third kappa shape index (κ3) is 4.80. The van der Waals surface area contributed by atoms with Crippen LogP contribution in [0.1, 0.15) is 104 Å². The zero-order valence-corrected chi connectivity index (χ0v) is 21.8. The Morgan fingerprint density at radius 3 is 2.31 bits per heavy atom. The van der Waals surface area contributed by atoms with E-state index in [0.717, 1.165) is 24.8 Å². The van der Waals surface area contributed by atoms with E-state index in [0.29, 0.717) is 31.7 Å². The summed E-state index contributed by atoms with van der Waals surface area (Å²) in [5.41, 5.74) is 4.10. The smallest absolute Gasteiger partial charge is 0.310 e. The van der Waals surface area contributed by atoms with Crippen molar-refractivity contribution in [1.82, 2.24) is 4.90 Å². The topological polar surface area (TPSA) is 76.8 Å². The van der Waals surface area contributed by atoms with E-state index in [1.807, 2.05) is 13.0 Å². The first-order valence-corrected chi connectivity index (χ1v) is 12.7. The number of ketones is 1. The van der Waals surface area contributed by atoms with E-state index in [1.54, 1.807) is 24.0 Å². The van der Waals surface area contributed by atoms with Crippen molar-refractivity contribution in [3.8, 4) is 0 Å². The molecule has 1 unspecified atom stereocenters. The zero-order valence-electron chi connectivity index (χ0n) is 21.8. The molecule has 0 spiro atoms. The molecule has 35 heavy (non-hydrogen) atoms. The first-order chi connectivity index (χ1) is 16.4. The largest absolute Gasteiger partial charge is 0.466 e. The number of nitrogens with zero attached hydrogens (tertiary/aromatic N) is 1. The molecule has 6 nitrogen and oxygen atoms in total. The first kappa shape index (κ1) is 25.2. The third-order valence-corrected chi connectivity index (χ3v) is 7.81. The Kier molecular flexibility index (Phi) is 6.69. The van der Waals surface area contributed by atoms with Gasteiger partial charge in [-0.15, -0.1) is 0 Å². The van der Waals surface area contributed by atoms with Gasteiger partial charge in [0.1, 0.15) is 0 Å². The maximum absolute atomic E-state index is 13.5. The number of carbonyl (C=O) groups is 3. The fourth-order valence-corrected chi connectivity index (χ4v) is 5.44. The van der Waals surface area contributed by atoms with Crippen LogP contribution >= 0.6 is 0 Å². The molecule has 2 aromatic rings. The first-order valence-electron chi connectivity index (χ1n) is 12.7. The SMILES string of the molecule is CCOC(=O)C1CCCN(C(=O)c2ccc(C(=O)c3cc4c(cc3C)C(C)(C)CCC4(C)C)o2)C1. The van der Waals surface area contributed by atoms with Crippen LogP contribution in [-0.4, -0.2) is 42.3 Å². The van der Waals surface area contributed by atoms with Crippen molar-refractivity contribution in [3.63, 3.8) is 0 Å². The number of hydrogen-bond acceptors (Lipinski definition) is 5. The number of aryl methyl sites for hydroxylation is 1. The van der Waals surface area contributed by atoms with Crippen LogP contribution in [-0.2, 0) is 20.4 Å². The number of carbonyl (C=O) groups excluding carboxylic acids is 3. The summed E-state index contributed by atoms with van der Waals surface area (Å²) in [6.45, 7) is 13.9. The molecule has 0 bridgehead atoms. The number of ether oxygens (including phenoxy) is 1. The molecule has 2 aliphatic rings. The minimum Gasteiger partial charge on any atom is -0.466 e. The zero-order chi connectivity index (χ0) is 25.5. The van der Waals surface area contributed by atoms with Crippen molar-refractivity contribution in [1.29, 1.82) is 0 Å². The molecule has 4 rings (SSSR count). The van der Waals surface area contributed by atoms with E-state index >= 15 is 0 Å².